The Labute approximate surface area is 199 Å². The maximum atomic E-state index is 13.2. The molecular weight excluding hydrogens is 440 g/mol. The van der Waals surface area contributed by atoms with E-state index in [2.05, 4.69) is 21.3 Å². The number of aromatic hydroxyl groups is 1. The molecule has 2 rings (SSSR count). The molecule has 1 aliphatic heterocycles. The lowest BCUT2D eigenvalue weighted by Gasteiger charge is -2.27. The molecule has 1 fully saturated rings. The highest BCUT2D eigenvalue weighted by Gasteiger charge is 2.33. The van der Waals surface area contributed by atoms with E-state index >= 15 is 0 Å². The first-order chi connectivity index (χ1) is 16.0. The number of nitrogens with one attached hydrogen (secondary N) is 4. The summed E-state index contributed by atoms with van der Waals surface area (Å²) in [5.74, 6) is -3.17. The summed E-state index contributed by atoms with van der Waals surface area (Å²) >= 11 is 0. The van der Waals surface area contributed by atoms with Crippen LogP contribution in [0.2, 0.25) is 0 Å². The van der Waals surface area contributed by atoms with Gasteiger partial charge < -0.3 is 31.5 Å². The summed E-state index contributed by atoms with van der Waals surface area (Å²) in [5, 5.41) is 30.1. The van der Waals surface area contributed by atoms with Gasteiger partial charge in [0, 0.05) is 6.42 Å². The van der Waals surface area contributed by atoms with Gasteiger partial charge in [0.15, 0.2) is 0 Å². The Morgan fingerprint density at radius 2 is 1.56 bits per heavy atom. The lowest BCUT2D eigenvalue weighted by atomic mass is 9.99. The maximum absolute atomic E-state index is 13.2. The molecule has 4 atom stereocenters. The van der Waals surface area contributed by atoms with Gasteiger partial charge in [-0.05, 0) is 48.9 Å². The van der Waals surface area contributed by atoms with Gasteiger partial charge in [0.05, 0.1) is 6.04 Å². The maximum Gasteiger partial charge on any atom is 0.326 e. The van der Waals surface area contributed by atoms with Crippen molar-refractivity contribution >= 4 is 23.7 Å². The summed E-state index contributed by atoms with van der Waals surface area (Å²) in [7, 11) is 0. The molecule has 34 heavy (non-hydrogen) atoms. The molecule has 1 aromatic rings. The van der Waals surface area contributed by atoms with E-state index in [0.717, 1.165) is 13.0 Å². The van der Waals surface area contributed by atoms with Crippen molar-refractivity contribution in [2.45, 2.75) is 71.1 Å². The van der Waals surface area contributed by atoms with Crippen molar-refractivity contribution < 1.29 is 29.4 Å². The van der Waals surface area contributed by atoms with Gasteiger partial charge in [-0.2, -0.15) is 0 Å². The second-order valence-electron chi connectivity index (χ2n) is 9.38. The molecule has 1 aliphatic rings. The molecule has 1 heterocycles. The van der Waals surface area contributed by atoms with Crippen LogP contribution in [0.5, 0.6) is 5.75 Å². The van der Waals surface area contributed by atoms with E-state index in [0.29, 0.717) is 12.0 Å². The van der Waals surface area contributed by atoms with Crippen molar-refractivity contribution in [2.24, 2.45) is 11.8 Å². The minimum atomic E-state index is -1.17. The molecule has 0 spiro atoms. The SMILES string of the molecule is CC(C)C(NC(=O)C(Cc1ccc(O)cc1)NC(=O)C(NC(=O)C1CCCN1)C(C)C)C(=O)O. The van der Waals surface area contributed by atoms with Crippen molar-refractivity contribution in [3.8, 4) is 5.75 Å². The van der Waals surface area contributed by atoms with Crippen molar-refractivity contribution in [1.29, 1.82) is 0 Å². The zero-order chi connectivity index (χ0) is 25.4. The normalized spacial score (nSPS) is 18.2. The second kappa shape index (κ2) is 12.4. The lowest BCUT2D eigenvalue weighted by Crippen LogP contribution is -2.59. The molecule has 188 valence electrons. The molecule has 10 nitrogen and oxygen atoms in total. The third-order valence-corrected chi connectivity index (χ3v) is 5.86. The monoisotopic (exact) mass is 476 g/mol. The van der Waals surface area contributed by atoms with Crippen molar-refractivity contribution in [1.82, 2.24) is 21.3 Å². The van der Waals surface area contributed by atoms with Gasteiger partial charge in [-0.25, -0.2) is 4.79 Å². The smallest absolute Gasteiger partial charge is 0.326 e. The molecule has 0 saturated carbocycles. The fourth-order valence-electron chi connectivity index (χ4n) is 3.80. The van der Waals surface area contributed by atoms with Gasteiger partial charge in [0.2, 0.25) is 17.7 Å². The Hall–Kier alpha value is -3.14. The Morgan fingerprint density at radius 3 is 2.06 bits per heavy atom. The van der Waals surface area contributed by atoms with Crippen LogP contribution in [-0.4, -0.2) is 64.6 Å². The molecule has 1 aromatic carbocycles. The zero-order valence-corrected chi connectivity index (χ0v) is 20.1. The predicted molar refractivity (Wildman–Crippen MR) is 126 cm³/mol. The van der Waals surface area contributed by atoms with Gasteiger partial charge in [-0.3, -0.25) is 14.4 Å². The molecular formula is C24H36N4O6. The van der Waals surface area contributed by atoms with Crippen molar-refractivity contribution in [3.05, 3.63) is 29.8 Å². The Balaban J connectivity index is 2.20. The molecule has 0 bridgehead atoms. The fraction of sp³-hybridized carbons (Fsp3) is 0.583. The average molecular weight is 477 g/mol. The standard InChI is InChI=1S/C24H36N4O6/c1-13(2)19(27-21(30)17-6-5-11-25-17)23(32)26-18(12-15-7-9-16(29)10-8-15)22(31)28-20(14(3)4)24(33)34/h7-10,13-14,17-20,25,29H,5-6,11-12H2,1-4H3,(H,26,32)(H,27,30)(H,28,31)(H,33,34). The topological polar surface area (TPSA) is 157 Å². The molecule has 4 unspecified atom stereocenters. The van der Waals surface area contributed by atoms with E-state index in [1.54, 1.807) is 39.8 Å². The van der Waals surface area contributed by atoms with Crippen LogP contribution in [-0.2, 0) is 25.6 Å². The third-order valence-electron chi connectivity index (χ3n) is 5.86. The zero-order valence-electron chi connectivity index (χ0n) is 20.1. The van der Waals surface area contributed by atoms with E-state index in [9.17, 15) is 29.4 Å². The number of amides is 3. The first-order valence-corrected chi connectivity index (χ1v) is 11.6. The fourth-order valence-corrected chi connectivity index (χ4v) is 3.80. The van der Waals surface area contributed by atoms with Gasteiger partial charge in [0.1, 0.15) is 23.9 Å². The quantitative estimate of drug-likeness (QED) is 0.272. The second-order valence-corrected chi connectivity index (χ2v) is 9.38. The van der Waals surface area contributed by atoms with Crippen LogP contribution in [0.15, 0.2) is 24.3 Å². The highest BCUT2D eigenvalue weighted by atomic mass is 16.4. The summed E-state index contributed by atoms with van der Waals surface area (Å²) in [6.45, 7) is 7.68. The van der Waals surface area contributed by atoms with Crippen LogP contribution < -0.4 is 21.3 Å². The van der Waals surface area contributed by atoms with Crippen LogP contribution in [0.25, 0.3) is 0 Å². The summed E-state index contributed by atoms with van der Waals surface area (Å²) in [4.78, 5) is 50.4. The highest BCUT2D eigenvalue weighted by molar-refractivity contribution is 5.94. The van der Waals surface area contributed by atoms with Crippen LogP contribution in [0, 0.1) is 11.8 Å². The van der Waals surface area contributed by atoms with Crippen LogP contribution in [0.3, 0.4) is 0 Å². The Kier molecular flexibility index (Phi) is 9.85. The van der Waals surface area contributed by atoms with E-state index in [-0.39, 0.29) is 36.0 Å². The number of carbonyl (C=O) groups excluding carboxylic acids is 3. The summed E-state index contributed by atoms with van der Waals surface area (Å²) < 4.78 is 0. The van der Waals surface area contributed by atoms with Gasteiger partial charge >= 0.3 is 5.97 Å². The number of phenols is 1. The minimum absolute atomic E-state index is 0.0580. The first-order valence-electron chi connectivity index (χ1n) is 11.6. The highest BCUT2D eigenvalue weighted by Crippen LogP contribution is 2.13. The number of aliphatic carboxylic acids is 1. The van der Waals surface area contributed by atoms with Gasteiger partial charge in [-0.1, -0.05) is 39.8 Å². The number of hydrogen-bond donors (Lipinski definition) is 6. The summed E-state index contributed by atoms with van der Waals surface area (Å²) in [6.07, 6.45) is 1.65. The number of phenolic OH excluding ortho intramolecular Hbond substituents is 1. The van der Waals surface area contributed by atoms with E-state index in [1.807, 2.05) is 0 Å². The number of rotatable bonds is 11. The molecule has 3 amide bonds. The molecule has 0 radical (unpaired) electrons. The van der Waals surface area contributed by atoms with E-state index in [1.165, 1.54) is 12.1 Å². The molecule has 0 aliphatic carbocycles. The number of benzene rings is 1. The molecule has 0 aromatic heterocycles. The predicted octanol–water partition coefficient (Wildman–Crippen LogP) is 0.538. The van der Waals surface area contributed by atoms with E-state index in [4.69, 9.17) is 0 Å². The van der Waals surface area contributed by atoms with Crippen molar-refractivity contribution in [3.63, 3.8) is 0 Å². The van der Waals surface area contributed by atoms with Gasteiger partial charge in [0.25, 0.3) is 0 Å². The Morgan fingerprint density at radius 1 is 0.941 bits per heavy atom. The molecule has 6 N–H and O–H groups in total. The van der Waals surface area contributed by atoms with Crippen LogP contribution in [0.1, 0.15) is 46.1 Å². The Bertz CT molecular complexity index is 865. The average Bonchev–Trinajstić information content (AvgIpc) is 3.30. The lowest BCUT2D eigenvalue weighted by molar-refractivity contribution is -0.143. The first kappa shape index (κ1) is 27.1. The third kappa shape index (κ3) is 7.72. The minimum Gasteiger partial charge on any atom is -0.508 e. The van der Waals surface area contributed by atoms with Crippen molar-refractivity contribution in [2.75, 3.05) is 6.54 Å². The number of carboxylic acids is 1. The van der Waals surface area contributed by atoms with Crippen LogP contribution >= 0.6 is 0 Å². The number of hydrogen-bond acceptors (Lipinski definition) is 6. The number of carboxylic acid groups (broad SMARTS) is 1. The van der Waals surface area contributed by atoms with E-state index < -0.39 is 35.9 Å². The van der Waals surface area contributed by atoms with Crippen LogP contribution in [0.4, 0.5) is 0 Å². The molecule has 1 saturated heterocycles. The largest absolute Gasteiger partial charge is 0.508 e. The van der Waals surface area contributed by atoms with Gasteiger partial charge in [-0.15, -0.1) is 0 Å². The molecule has 10 heteroatoms. The summed E-state index contributed by atoms with van der Waals surface area (Å²) in [6, 6.07) is 2.73. The number of carbonyl (C=O) groups is 4. The summed E-state index contributed by atoms with van der Waals surface area (Å²) in [5.41, 5.74) is 0.662.